The van der Waals surface area contributed by atoms with Crippen LogP contribution in [0, 0.1) is 13.8 Å². The molecule has 0 aliphatic carbocycles. The molecule has 3 nitrogen and oxygen atoms in total. The third kappa shape index (κ3) is 3.63. The molecule has 24 heavy (non-hydrogen) atoms. The molecule has 0 aliphatic heterocycles. The van der Waals surface area contributed by atoms with Crippen molar-refractivity contribution in [3.63, 3.8) is 0 Å². The van der Waals surface area contributed by atoms with Crippen LogP contribution in [0.25, 0.3) is 0 Å². The van der Waals surface area contributed by atoms with Crippen molar-refractivity contribution in [1.82, 2.24) is 0 Å². The summed E-state index contributed by atoms with van der Waals surface area (Å²) >= 11 is 0. The fraction of sp³-hybridized carbons (Fsp3) is 0.0952. The first-order valence-corrected chi connectivity index (χ1v) is 7.93. The largest absolute Gasteiger partial charge is 0.355 e. The summed E-state index contributed by atoms with van der Waals surface area (Å²) in [6, 6.07) is 23.4. The summed E-state index contributed by atoms with van der Waals surface area (Å²) in [6.45, 7) is 4.02. The smallest absolute Gasteiger partial charge is 0.257 e. The number of carbonyl (C=O) groups excluding carboxylic acids is 1. The molecule has 3 aromatic rings. The molecule has 0 saturated carbocycles. The van der Waals surface area contributed by atoms with Gasteiger partial charge in [0, 0.05) is 11.4 Å². The third-order valence-corrected chi connectivity index (χ3v) is 3.86. The summed E-state index contributed by atoms with van der Waals surface area (Å²) in [6.07, 6.45) is 0. The van der Waals surface area contributed by atoms with Crippen LogP contribution in [0.15, 0.2) is 72.8 Å². The predicted molar refractivity (Wildman–Crippen MR) is 100 cm³/mol. The maximum Gasteiger partial charge on any atom is 0.257 e. The number of benzene rings is 3. The molecule has 0 unspecified atom stereocenters. The van der Waals surface area contributed by atoms with E-state index in [0.29, 0.717) is 5.56 Å². The van der Waals surface area contributed by atoms with Crippen molar-refractivity contribution in [2.45, 2.75) is 13.8 Å². The molecule has 0 fully saturated rings. The average Bonchev–Trinajstić information content (AvgIpc) is 2.57. The number of carbonyl (C=O) groups is 1. The van der Waals surface area contributed by atoms with Crippen LogP contribution in [0.2, 0.25) is 0 Å². The molecule has 1 amide bonds. The Bertz CT molecular complexity index is 871. The van der Waals surface area contributed by atoms with E-state index in [9.17, 15) is 4.79 Å². The molecule has 0 aromatic heterocycles. The molecule has 0 aliphatic rings. The Morgan fingerprint density at radius 3 is 2.25 bits per heavy atom. The second kappa shape index (κ2) is 7.01. The van der Waals surface area contributed by atoms with Crippen LogP contribution in [-0.2, 0) is 0 Å². The zero-order valence-electron chi connectivity index (χ0n) is 13.8. The van der Waals surface area contributed by atoms with Crippen molar-refractivity contribution in [2.24, 2.45) is 0 Å². The fourth-order valence-corrected chi connectivity index (χ4v) is 2.57. The van der Waals surface area contributed by atoms with Gasteiger partial charge in [0.25, 0.3) is 5.91 Å². The molecular formula is C21H20N2O. The SMILES string of the molecule is Cc1cccc(Nc2ccccc2C(=O)Nc2ccccc2C)c1. The number of anilines is 3. The monoisotopic (exact) mass is 316 g/mol. The van der Waals surface area contributed by atoms with E-state index >= 15 is 0 Å². The summed E-state index contributed by atoms with van der Waals surface area (Å²) in [7, 11) is 0. The molecule has 0 atom stereocenters. The molecule has 0 heterocycles. The quantitative estimate of drug-likeness (QED) is 0.686. The minimum atomic E-state index is -0.125. The van der Waals surface area contributed by atoms with Gasteiger partial charge in [0.15, 0.2) is 0 Å². The molecule has 0 spiro atoms. The Morgan fingerprint density at radius 1 is 0.792 bits per heavy atom. The molecule has 3 heteroatoms. The Hall–Kier alpha value is -3.07. The first-order chi connectivity index (χ1) is 11.6. The van der Waals surface area contributed by atoms with Crippen LogP contribution in [-0.4, -0.2) is 5.91 Å². The Kier molecular flexibility index (Phi) is 4.62. The maximum atomic E-state index is 12.7. The minimum absolute atomic E-state index is 0.125. The van der Waals surface area contributed by atoms with Crippen molar-refractivity contribution in [3.8, 4) is 0 Å². The zero-order chi connectivity index (χ0) is 16.9. The number of rotatable bonds is 4. The van der Waals surface area contributed by atoms with E-state index in [-0.39, 0.29) is 5.91 Å². The van der Waals surface area contributed by atoms with Crippen molar-refractivity contribution in [2.75, 3.05) is 10.6 Å². The Morgan fingerprint density at radius 2 is 1.50 bits per heavy atom. The number of hydrogen-bond acceptors (Lipinski definition) is 2. The number of aryl methyl sites for hydroxylation is 2. The van der Waals surface area contributed by atoms with Crippen LogP contribution in [0.4, 0.5) is 17.1 Å². The van der Waals surface area contributed by atoms with Crippen LogP contribution in [0.5, 0.6) is 0 Å². The number of hydrogen-bond donors (Lipinski definition) is 2. The summed E-state index contributed by atoms with van der Waals surface area (Å²) in [5.74, 6) is -0.125. The van der Waals surface area contributed by atoms with Gasteiger partial charge < -0.3 is 10.6 Å². The number of nitrogens with one attached hydrogen (secondary N) is 2. The Balaban J connectivity index is 1.86. The molecule has 0 saturated heterocycles. The van der Waals surface area contributed by atoms with Gasteiger partial charge in [-0.2, -0.15) is 0 Å². The highest BCUT2D eigenvalue weighted by molar-refractivity contribution is 6.08. The summed E-state index contributed by atoms with van der Waals surface area (Å²) in [5, 5.41) is 6.32. The van der Waals surface area contributed by atoms with Crippen LogP contribution in [0.1, 0.15) is 21.5 Å². The average molecular weight is 316 g/mol. The first kappa shape index (κ1) is 15.8. The second-order valence-electron chi connectivity index (χ2n) is 5.81. The lowest BCUT2D eigenvalue weighted by Gasteiger charge is -2.13. The molecule has 0 radical (unpaired) electrons. The van der Waals surface area contributed by atoms with Gasteiger partial charge in [0.05, 0.1) is 11.3 Å². The predicted octanol–water partition coefficient (Wildman–Crippen LogP) is 5.30. The van der Waals surface area contributed by atoms with Gasteiger partial charge in [0.2, 0.25) is 0 Å². The van der Waals surface area contributed by atoms with E-state index in [1.54, 1.807) is 0 Å². The van der Waals surface area contributed by atoms with Crippen molar-refractivity contribution < 1.29 is 4.79 Å². The van der Waals surface area contributed by atoms with Crippen LogP contribution >= 0.6 is 0 Å². The van der Waals surface area contributed by atoms with E-state index < -0.39 is 0 Å². The molecule has 3 aromatic carbocycles. The van der Waals surface area contributed by atoms with Crippen molar-refractivity contribution in [1.29, 1.82) is 0 Å². The molecule has 3 rings (SSSR count). The first-order valence-electron chi connectivity index (χ1n) is 7.93. The molecular weight excluding hydrogens is 296 g/mol. The van der Waals surface area contributed by atoms with E-state index in [1.165, 1.54) is 5.56 Å². The maximum absolute atomic E-state index is 12.7. The van der Waals surface area contributed by atoms with E-state index in [0.717, 1.165) is 22.6 Å². The number of amides is 1. The molecule has 2 N–H and O–H groups in total. The second-order valence-corrected chi connectivity index (χ2v) is 5.81. The highest BCUT2D eigenvalue weighted by Gasteiger charge is 2.12. The summed E-state index contributed by atoms with van der Waals surface area (Å²) in [4.78, 5) is 12.7. The van der Waals surface area contributed by atoms with Gasteiger partial charge in [-0.25, -0.2) is 0 Å². The van der Waals surface area contributed by atoms with Gasteiger partial charge in [-0.15, -0.1) is 0 Å². The van der Waals surface area contributed by atoms with Gasteiger partial charge >= 0.3 is 0 Å². The van der Waals surface area contributed by atoms with E-state index in [2.05, 4.69) is 16.7 Å². The topological polar surface area (TPSA) is 41.1 Å². The van der Waals surface area contributed by atoms with Crippen molar-refractivity contribution in [3.05, 3.63) is 89.5 Å². The fourth-order valence-electron chi connectivity index (χ4n) is 2.57. The lowest BCUT2D eigenvalue weighted by Crippen LogP contribution is -2.14. The van der Waals surface area contributed by atoms with E-state index in [1.807, 2.05) is 80.6 Å². The van der Waals surface area contributed by atoms with Gasteiger partial charge in [-0.1, -0.05) is 42.5 Å². The normalized spacial score (nSPS) is 10.2. The lowest BCUT2D eigenvalue weighted by atomic mass is 10.1. The molecule has 120 valence electrons. The standard InChI is InChI=1S/C21H20N2O/c1-15-8-7-10-17(14-15)22-20-13-6-4-11-18(20)21(24)23-19-12-5-3-9-16(19)2/h3-14,22H,1-2H3,(H,23,24). The summed E-state index contributed by atoms with van der Waals surface area (Å²) in [5.41, 5.74) is 5.40. The van der Waals surface area contributed by atoms with Gasteiger partial charge in [-0.3, -0.25) is 4.79 Å². The Labute approximate surface area is 142 Å². The van der Waals surface area contributed by atoms with Crippen LogP contribution in [0.3, 0.4) is 0 Å². The minimum Gasteiger partial charge on any atom is -0.355 e. The van der Waals surface area contributed by atoms with Crippen LogP contribution < -0.4 is 10.6 Å². The number of para-hydroxylation sites is 2. The lowest BCUT2D eigenvalue weighted by molar-refractivity contribution is 0.102. The summed E-state index contributed by atoms with van der Waals surface area (Å²) < 4.78 is 0. The van der Waals surface area contributed by atoms with Gasteiger partial charge in [-0.05, 0) is 55.3 Å². The molecule has 0 bridgehead atoms. The highest BCUT2D eigenvalue weighted by atomic mass is 16.1. The third-order valence-electron chi connectivity index (χ3n) is 3.86. The van der Waals surface area contributed by atoms with Crippen molar-refractivity contribution >= 4 is 23.0 Å². The zero-order valence-corrected chi connectivity index (χ0v) is 13.8. The highest BCUT2D eigenvalue weighted by Crippen LogP contribution is 2.23. The van der Waals surface area contributed by atoms with E-state index in [4.69, 9.17) is 0 Å². The van der Waals surface area contributed by atoms with Gasteiger partial charge in [0.1, 0.15) is 0 Å².